The van der Waals surface area contributed by atoms with E-state index < -0.39 is 11.7 Å². The molecule has 0 aliphatic heterocycles. The first-order valence-electron chi connectivity index (χ1n) is 10.6. The number of ketones is 1. The van der Waals surface area contributed by atoms with Gasteiger partial charge in [0.1, 0.15) is 6.61 Å². The van der Waals surface area contributed by atoms with Gasteiger partial charge in [0.15, 0.2) is 11.4 Å². The molecule has 0 amide bonds. The highest BCUT2D eigenvalue weighted by atomic mass is 19.4. The summed E-state index contributed by atoms with van der Waals surface area (Å²) in [5.74, 6) is -0.501. The Bertz CT molecular complexity index is 1190. The molecule has 172 valence electrons. The monoisotopic (exact) mass is 449 g/mol. The van der Waals surface area contributed by atoms with Crippen LogP contribution >= 0.6 is 0 Å². The van der Waals surface area contributed by atoms with Crippen molar-refractivity contribution in [3.05, 3.63) is 34.3 Å². The average Bonchev–Trinajstić information content (AvgIpc) is 3.44. The maximum Gasteiger partial charge on any atom is 0.417 e. The molecule has 4 rings (SSSR count). The Morgan fingerprint density at radius 2 is 1.91 bits per heavy atom. The number of halogens is 3. The molecule has 7 nitrogen and oxygen atoms in total. The van der Waals surface area contributed by atoms with Gasteiger partial charge in [0.05, 0.1) is 22.3 Å². The van der Waals surface area contributed by atoms with Crippen molar-refractivity contribution in [1.29, 1.82) is 0 Å². The Labute approximate surface area is 183 Å². The predicted octanol–water partition coefficient (Wildman–Crippen LogP) is 4.36. The zero-order valence-corrected chi connectivity index (χ0v) is 18.7. The van der Waals surface area contributed by atoms with Crippen LogP contribution in [0.25, 0.3) is 11.0 Å². The Hall–Kier alpha value is -2.91. The maximum absolute atomic E-state index is 13.8. The number of Topliss-reactive ketones (excluding diaryl/α,β-unsaturated/α-hetero) is 1. The van der Waals surface area contributed by atoms with Crippen LogP contribution in [0.5, 0.6) is 5.88 Å². The number of ether oxygens (including phenoxy) is 1. The number of fused-ring (bicyclic) bond motifs is 1. The van der Waals surface area contributed by atoms with Gasteiger partial charge in [0.2, 0.25) is 5.88 Å². The zero-order chi connectivity index (χ0) is 23.4. The molecule has 1 saturated carbocycles. The maximum atomic E-state index is 13.8. The van der Waals surface area contributed by atoms with Crippen molar-refractivity contribution >= 4 is 16.8 Å². The van der Waals surface area contributed by atoms with Gasteiger partial charge in [0, 0.05) is 38.2 Å². The van der Waals surface area contributed by atoms with Crippen molar-refractivity contribution in [3.63, 3.8) is 0 Å². The third-order valence-electron chi connectivity index (χ3n) is 6.04. The fraction of sp³-hybridized carbons (Fsp3) is 0.545. The van der Waals surface area contributed by atoms with Crippen LogP contribution in [0.3, 0.4) is 0 Å². The lowest BCUT2D eigenvalue weighted by Gasteiger charge is -2.14. The van der Waals surface area contributed by atoms with Crippen LogP contribution in [0.2, 0.25) is 0 Å². The number of pyridine rings is 1. The van der Waals surface area contributed by atoms with E-state index in [1.165, 1.54) is 4.68 Å². The number of aryl methyl sites for hydroxylation is 3. The zero-order valence-electron chi connectivity index (χ0n) is 18.7. The molecule has 3 aromatic rings. The van der Waals surface area contributed by atoms with Gasteiger partial charge in [-0.25, -0.2) is 0 Å². The summed E-state index contributed by atoms with van der Waals surface area (Å²) in [5, 5.41) is 8.67. The summed E-state index contributed by atoms with van der Waals surface area (Å²) in [4.78, 5) is 16.8. The molecule has 1 unspecified atom stereocenters. The van der Waals surface area contributed by atoms with Gasteiger partial charge in [-0.2, -0.15) is 28.4 Å². The SMILES string of the molecule is Cc1nn(C)c(C)c1C(C)CC(=O)COc1cc(C(F)(F)F)c2c(C3CC3)nn(C)c2n1. The molecule has 10 heteroatoms. The highest BCUT2D eigenvalue weighted by Gasteiger charge is 2.39. The van der Waals surface area contributed by atoms with Gasteiger partial charge < -0.3 is 4.74 Å². The summed E-state index contributed by atoms with van der Waals surface area (Å²) >= 11 is 0. The van der Waals surface area contributed by atoms with Gasteiger partial charge in [-0.1, -0.05) is 6.92 Å². The number of alkyl halides is 3. The van der Waals surface area contributed by atoms with Crippen molar-refractivity contribution in [3.8, 4) is 5.88 Å². The Morgan fingerprint density at radius 1 is 1.22 bits per heavy atom. The third-order valence-corrected chi connectivity index (χ3v) is 6.04. The minimum absolute atomic E-state index is 0.0253. The van der Waals surface area contributed by atoms with E-state index >= 15 is 0 Å². The van der Waals surface area contributed by atoms with Crippen molar-refractivity contribution in [1.82, 2.24) is 24.5 Å². The van der Waals surface area contributed by atoms with Crippen LogP contribution in [0.1, 0.15) is 66.2 Å². The lowest BCUT2D eigenvalue weighted by Crippen LogP contribution is -2.16. The Balaban J connectivity index is 1.54. The van der Waals surface area contributed by atoms with Crippen LogP contribution in [0.15, 0.2) is 6.07 Å². The van der Waals surface area contributed by atoms with Gasteiger partial charge in [0.25, 0.3) is 0 Å². The molecule has 3 heterocycles. The molecule has 3 aromatic heterocycles. The summed E-state index contributed by atoms with van der Waals surface area (Å²) < 4.78 is 50.0. The molecular formula is C22H26F3N5O2. The van der Waals surface area contributed by atoms with E-state index in [9.17, 15) is 18.0 Å². The van der Waals surface area contributed by atoms with Crippen LogP contribution < -0.4 is 4.74 Å². The van der Waals surface area contributed by atoms with E-state index in [4.69, 9.17) is 4.74 Å². The van der Waals surface area contributed by atoms with E-state index in [2.05, 4.69) is 15.2 Å². The summed E-state index contributed by atoms with van der Waals surface area (Å²) in [5.41, 5.74) is 2.56. The average molecular weight is 449 g/mol. The summed E-state index contributed by atoms with van der Waals surface area (Å²) in [6.07, 6.45) is -2.74. The van der Waals surface area contributed by atoms with Crippen LogP contribution in [0.4, 0.5) is 13.2 Å². The highest BCUT2D eigenvalue weighted by molar-refractivity contribution is 5.85. The second kappa shape index (κ2) is 7.90. The molecule has 1 aliphatic carbocycles. The van der Waals surface area contributed by atoms with Gasteiger partial charge >= 0.3 is 6.18 Å². The lowest BCUT2D eigenvalue weighted by molar-refractivity contribution is -0.136. The number of rotatable bonds is 7. The molecule has 0 saturated heterocycles. The van der Waals surface area contributed by atoms with Crippen LogP contribution in [-0.4, -0.2) is 36.9 Å². The van der Waals surface area contributed by atoms with E-state index in [0.29, 0.717) is 5.69 Å². The minimum Gasteiger partial charge on any atom is -0.470 e. The fourth-order valence-corrected chi connectivity index (χ4v) is 4.35. The van der Waals surface area contributed by atoms with Crippen LogP contribution in [0, 0.1) is 13.8 Å². The number of carbonyl (C=O) groups is 1. The number of hydrogen-bond acceptors (Lipinski definition) is 5. The van der Waals surface area contributed by atoms with E-state index in [0.717, 1.165) is 35.9 Å². The highest BCUT2D eigenvalue weighted by Crippen LogP contribution is 2.46. The van der Waals surface area contributed by atoms with E-state index in [1.54, 1.807) is 11.7 Å². The predicted molar refractivity (Wildman–Crippen MR) is 112 cm³/mol. The molecule has 0 spiro atoms. The largest absolute Gasteiger partial charge is 0.470 e. The summed E-state index contributed by atoms with van der Waals surface area (Å²) in [6, 6.07) is 0.877. The van der Waals surface area contributed by atoms with Crippen molar-refractivity contribution in [2.45, 2.75) is 58.0 Å². The summed E-state index contributed by atoms with van der Waals surface area (Å²) in [7, 11) is 3.41. The molecule has 1 fully saturated rings. The third kappa shape index (κ3) is 4.10. The molecule has 0 radical (unpaired) electrons. The first-order chi connectivity index (χ1) is 15.0. The quantitative estimate of drug-likeness (QED) is 0.536. The first-order valence-corrected chi connectivity index (χ1v) is 10.6. The lowest BCUT2D eigenvalue weighted by atomic mass is 9.94. The van der Waals surface area contributed by atoms with Gasteiger partial charge in [-0.05, 0) is 38.2 Å². The second-order valence-electron chi connectivity index (χ2n) is 8.63. The van der Waals surface area contributed by atoms with Gasteiger partial charge in [-0.15, -0.1) is 0 Å². The molecule has 0 bridgehead atoms. The number of aromatic nitrogens is 5. The van der Waals surface area contributed by atoms with E-state index in [-0.39, 0.29) is 47.6 Å². The first kappa shape index (κ1) is 22.3. The standard InChI is InChI=1S/C22H26F3N5O2/c1-11(18-12(2)27-29(4)13(18)3)8-15(31)10-32-17-9-16(22(23,24)25)19-20(14-6-7-14)28-30(5)21(19)26-17/h9,11,14H,6-8,10H2,1-5H3. The Kier molecular flexibility index (Phi) is 5.50. The smallest absolute Gasteiger partial charge is 0.417 e. The normalized spacial score (nSPS) is 15.4. The summed E-state index contributed by atoms with van der Waals surface area (Å²) in [6.45, 7) is 5.40. The Morgan fingerprint density at radius 3 is 2.47 bits per heavy atom. The molecule has 1 aliphatic rings. The molecule has 1 atom stereocenters. The van der Waals surface area contributed by atoms with E-state index in [1.807, 2.05) is 27.8 Å². The molecular weight excluding hydrogens is 423 g/mol. The van der Waals surface area contributed by atoms with Crippen molar-refractivity contribution in [2.24, 2.45) is 14.1 Å². The number of hydrogen-bond donors (Lipinski definition) is 0. The van der Waals surface area contributed by atoms with Gasteiger partial charge in [-0.3, -0.25) is 14.2 Å². The minimum atomic E-state index is -4.58. The second-order valence-corrected chi connectivity index (χ2v) is 8.63. The topological polar surface area (TPSA) is 74.8 Å². The van der Waals surface area contributed by atoms with Crippen molar-refractivity contribution in [2.75, 3.05) is 6.61 Å². The fourth-order valence-electron chi connectivity index (χ4n) is 4.35. The molecule has 32 heavy (non-hydrogen) atoms. The molecule has 0 aromatic carbocycles. The number of nitrogens with zero attached hydrogens (tertiary/aromatic N) is 5. The number of carbonyl (C=O) groups excluding carboxylic acids is 1. The van der Waals surface area contributed by atoms with Crippen molar-refractivity contribution < 1.29 is 22.7 Å². The van der Waals surface area contributed by atoms with Crippen LogP contribution in [-0.2, 0) is 25.1 Å². The molecule has 0 N–H and O–H groups in total.